The molecule has 7 heteroatoms. The molecular weight excluding hydrogens is 260 g/mol. The zero-order valence-electron chi connectivity index (χ0n) is 9.81. The number of quaternary nitrogens is 1. The van der Waals surface area contributed by atoms with E-state index in [0.29, 0.717) is 0 Å². The van der Waals surface area contributed by atoms with Gasteiger partial charge in [0, 0.05) is 0 Å². The Bertz CT molecular complexity index is 492. The fraction of sp³-hybridized carbons (Fsp3) is 0.333. The molecule has 2 atom stereocenters. The number of alkyl halides is 2. The summed E-state index contributed by atoms with van der Waals surface area (Å²) in [4.78, 5) is 27.4. The van der Waals surface area contributed by atoms with Crippen molar-refractivity contribution < 1.29 is 33.4 Å². The summed E-state index contributed by atoms with van der Waals surface area (Å²) < 4.78 is 26.4. The van der Waals surface area contributed by atoms with Crippen LogP contribution in [0.4, 0.5) is 8.78 Å². The molecule has 1 aromatic rings. The summed E-state index contributed by atoms with van der Waals surface area (Å²) in [5.41, 5.74) is 0.189. The zero-order valence-corrected chi connectivity index (χ0v) is 9.81. The van der Waals surface area contributed by atoms with Crippen molar-refractivity contribution in [2.24, 2.45) is 0 Å². The van der Waals surface area contributed by atoms with Gasteiger partial charge >= 0.3 is 17.9 Å². The van der Waals surface area contributed by atoms with E-state index < -0.39 is 36.9 Å². The van der Waals surface area contributed by atoms with Gasteiger partial charge in [-0.15, -0.1) is 5.06 Å². The first-order valence-electron chi connectivity index (χ1n) is 5.63. The first-order valence-corrected chi connectivity index (χ1v) is 5.63. The van der Waals surface area contributed by atoms with Gasteiger partial charge in [-0.2, -0.15) is 8.78 Å². The number of carbonyl (C=O) groups is 2. The Morgan fingerprint density at radius 1 is 1.32 bits per heavy atom. The minimum absolute atomic E-state index is 0.189. The molecule has 1 aromatic carbocycles. The van der Waals surface area contributed by atoms with E-state index >= 15 is 0 Å². The van der Waals surface area contributed by atoms with Crippen LogP contribution in [-0.2, 0) is 9.63 Å². The molecule has 1 heterocycles. The van der Waals surface area contributed by atoms with Crippen molar-refractivity contribution in [3.63, 3.8) is 0 Å². The van der Waals surface area contributed by atoms with E-state index in [1.54, 1.807) is 18.2 Å². The van der Waals surface area contributed by atoms with Gasteiger partial charge in [0.25, 0.3) is 0 Å². The number of carbonyl (C=O) groups excluding carboxylic acids is 1. The van der Waals surface area contributed by atoms with Crippen LogP contribution in [0.3, 0.4) is 0 Å². The summed E-state index contributed by atoms with van der Waals surface area (Å²) in [6.45, 7) is -0.831. The fourth-order valence-corrected chi connectivity index (χ4v) is 1.95. The molecule has 102 valence electrons. The second-order valence-corrected chi connectivity index (χ2v) is 4.35. The molecule has 0 aromatic heterocycles. The lowest BCUT2D eigenvalue weighted by atomic mass is 10.2. The smallest absolute Gasteiger partial charge is 0.397 e. The molecule has 2 rings (SSSR count). The minimum Gasteiger partial charge on any atom is -0.477 e. The largest absolute Gasteiger partial charge is 0.477 e. The number of hydrogen-bond acceptors (Lipinski definition) is 3. The van der Waals surface area contributed by atoms with Gasteiger partial charge in [-0.3, -0.25) is 4.84 Å². The highest BCUT2D eigenvalue weighted by molar-refractivity contribution is 5.88. The van der Waals surface area contributed by atoms with Gasteiger partial charge in [0.1, 0.15) is 0 Å². The van der Waals surface area contributed by atoms with Gasteiger partial charge in [0.2, 0.25) is 6.04 Å². The average molecular weight is 272 g/mol. The van der Waals surface area contributed by atoms with Crippen LogP contribution in [0, 0.1) is 0 Å². The number of rotatable bonds is 3. The summed E-state index contributed by atoms with van der Waals surface area (Å²) in [6, 6.07) is 6.37. The highest BCUT2D eigenvalue weighted by Gasteiger charge is 2.55. The van der Waals surface area contributed by atoms with Crippen molar-refractivity contribution >= 4 is 11.9 Å². The average Bonchev–Trinajstić information content (AvgIpc) is 2.65. The van der Waals surface area contributed by atoms with Crippen molar-refractivity contribution in [3.8, 4) is 0 Å². The van der Waals surface area contributed by atoms with Crippen LogP contribution in [-0.4, -0.2) is 35.6 Å². The van der Waals surface area contributed by atoms with E-state index in [2.05, 4.69) is 0 Å². The van der Waals surface area contributed by atoms with Gasteiger partial charge in [0.05, 0.1) is 12.0 Å². The number of hydrogen-bond donors (Lipinski definition) is 2. The summed E-state index contributed by atoms with van der Waals surface area (Å²) in [7, 11) is 0. The molecule has 1 aliphatic heterocycles. The Hall–Kier alpha value is -2.02. The molecule has 5 nitrogen and oxygen atoms in total. The van der Waals surface area contributed by atoms with Crippen LogP contribution in [0.2, 0.25) is 0 Å². The van der Waals surface area contributed by atoms with Gasteiger partial charge in [0.15, 0.2) is 6.54 Å². The molecule has 1 fully saturated rings. The molecule has 0 saturated carbocycles. The number of hydroxylamine groups is 2. The van der Waals surface area contributed by atoms with E-state index in [9.17, 15) is 18.4 Å². The van der Waals surface area contributed by atoms with Crippen molar-refractivity contribution in [2.45, 2.75) is 18.4 Å². The fourth-order valence-electron chi connectivity index (χ4n) is 1.95. The lowest BCUT2D eigenvalue weighted by molar-refractivity contribution is -1.08. The normalized spacial score (nSPS) is 24.9. The number of nitrogens with one attached hydrogen (secondary N) is 1. The standard InChI is InChI=1S/C12H11F2NO4/c13-12(14)6-9(10(16)17)15(7-12)19-11(18)8-4-2-1-3-5-8/h1-5,9H,6-7H2,(H,16,17)/p+1. The molecule has 2 N–H and O–H groups in total. The molecule has 0 amide bonds. The van der Waals surface area contributed by atoms with Crippen LogP contribution in [0.1, 0.15) is 16.8 Å². The Morgan fingerprint density at radius 2 is 1.95 bits per heavy atom. The maximum Gasteiger partial charge on any atom is 0.397 e. The van der Waals surface area contributed by atoms with E-state index in [0.717, 1.165) is 0 Å². The number of carboxylic acid groups (broad SMARTS) is 1. The highest BCUT2D eigenvalue weighted by atomic mass is 19.3. The zero-order chi connectivity index (χ0) is 14.0. The number of halogens is 2. The molecule has 19 heavy (non-hydrogen) atoms. The summed E-state index contributed by atoms with van der Waals surface area (Å²) in [5, 5.41) is 8.47. The number of aliphatic carboxylic acids is 1. The second kappa shape index (κ2) is 4.93. The summed E-state index contributed by atoms with van der Waals surface area (Å²) in [5.74, 6) is -5.37. The van der Waals surface area contributed by atoms with Crippen LogP contribution in [0.5, 0.6) is 0 Å². The third-order valence-corrected chi connectivity index (χ3v) is 2.86. The molecule has 0 bridgehead atoms. The quantitative estimate of drug-likeness (QED) is 0.821. The van der Waals surface area contributed by atoms with Crippen molar-refractivity contribution in [2.75, 3.05) is 6.54 Å². The van der Waals surface area contributed by atoms with Gasteiger partial charge in [-0.1, -0.05) is 18.2 Å². The highest BCUT2D eigenvalue weighted by Crippen LogP contribution is 2.22. The van der Waals surface area contributed by atoms with Crippen LogP contribution in [0.25, 0.3) is 0 Å². The lowest BCUT2D eigenvalue weighted by Crippen LogP contribution is -3.14. The van der Waals surface area contributed by atoms with E-state index in [4.69, 9.17) is 9.94 Å². The molecule has 0 radical (unpaired) electrons. The summed E-state index contributed by atoms with van der Waals surface area (Å²) in [6.07, 6.45) is -0.834. The summed E-state index contributed by atoms with van der Waals surface area (Å²) >= 11 is 0. The number of carboxylic acids is 1. The second-order valence-electron chi connectivity index (χ2n) is 4.35. The monoisotopic (exact) mass is 272 g/mol. The molecule has 1 aliphatic rings. The lowest BCUT2D eigenvalue weighted by Gasteiger charge is -2.14. The van der Waals surface area contributed by atoms with Crippen molar-refractivity contribution in [1.82, 2.24) is 0 Å². The predicted molar refractivity (Wildman–Crippen MR) is 58.7 cm³/mol. The molecular formula is C12H12F2NO4+. The first kappa shape index (κ1) is 13.4. The van der Waals surface area contributed by atoms with Crippen LogP contribution >= 0.6 is 0 Å². The van der Waals surface area contributed by atoms with Gasteiger partial charge < -0.3 is 5.11 Å². The third-order valence-electron chi connectivity index (χ3n) is 2.86. The van der Waals surface area contributed by atoms with Gasteiger partial charge in [-0.25, -0.2) is 9.59 Å². The SMILES string of the molecule is O=C(O[NH+]1CC(F)(F)CC1C(=O)O)c1ccccc1. The van der Waals surface area contributed by atoms with E-state index in [1.165, 1.54) is 12.1 Å². The maximum atomic E-state index is 13.2. The van der Waals surface area contributed by atoms with Gasteiger partial charge in [-0.05, 0) is 12.1 Å². The molecule has 0 spiro atoms. The third kappa shape index (κ3) is 3.05. The van der Waals surface area contributed by atoms with Crippen molar-refractivity contribution in [1.29, 1.82) is 0 Å². The number of benzene rings is 1. The minimum atomic E-state index is -3.14. The Kier molecular flexibility index (Phi) is 3.48. The van der Waals surface area contributed by atoms with Crippen molar-refractivity contribution in [3.05, 3.63) is 35.9 Å². The van der Waals surface area contributed by atoms with Crippen LogP contribution < -0.4 is 5.06 Å². The van der Waals surface area contributed by atoms with E-state index in [1.807, 2.05) is 0 Å². The molecule has 0 aliphatic carbocycles. The first-order chi connectivity index (χ1) is 8.89. The predicted octanol–water partition coefficient (Wildman–Crippen LogP) is 0.136. The Morgan fingerprint density at radius 3 is 2.53 bits per heavy atom. The molecule has 2 unspecified atom stereocenters. The van der Waals surface area contributed by atoms with E-state index in [-0.39, 0.29) is 10.6 Å². The Labute approximate surface area is 107 Å². The Balaban J connectivity index is 2.10. The maximum absolute atomic E-state index is 13.2. The molecule has 1 saturated heterocycles. The van der Waals surface area contributed by atoms with Crippen LogP contribution in [0.15, 0.2) is 30.3 Å². The topological polar surface area (TPSA) is 68.0 Å².